The van der Waals surface area contributed by atoms with Crippen molar-refractivity contribution in [3.05, 3.63) is 17.6 Å². The highest BCUT2D eigenvalue weighted by molar-refractivity contribution is 5.42. The number of hydrogen-bond acceptors (Lipinski definition) is 4. The first-order valence-corrected chi connectivity index (χ1v) is 6.24. The van der Waals surface area contributed by atoms with Crippen LogP contribution in [0, 0.1) is 13.8 Å². The van der Waals surface area contributed by atoms with E-state index in [9.17, 15) is 5.11 Å². The fourth-order valence-electron chi connectivity index (χ4n) is 2.59. The summed E-state index contributed by atoms with van der Waals surface area (Å²) in [7, 11) is 1.98. The number of rotatable bonds is 3. The Kier molecular flexibility index (Phi) is 3.33. The van der Waals surface area contributed by atoms with Gasteiger partial charge in [-0.1, -0.05) is 12.8 Å². The Labute approximate surface area is 103 Å². The third-order valence-corrected chi connectivity index (χ3v) is 3.48. The van der Waals surface area contributed by atoms with E-state index in [1.165, 1.54) is 0 Å². The van der Waals surface area contributed by atoms with E-state index in [1.807, 2.05) is 25.8 Å². The van der Waals surface area contributed by atoms with E-state index in [1.54, 1.807) is 6.20 Å². The summed E-state index contributed by atoms with van der Waals surface area (Å²) in [5.41, 5.74) is 1.29. The molecule has 0 aliphatic heterocycles. The minimum absolute atomic E-state index is 0.535. The molecule has 1 aliphatic rings. The molecule has 0 amide bonds. The second kappa shape index (κ2) is 4.61. The van der Waals surface area contributed by atoms with E-state index in [-0.39, 0.29) is 0 Å². The largest absolute Gasteiger partial charge is 0.388 e. The van der Waals surface area contributed by atoms with Crippen LogP contribution in [0.3, 0.4) is 0 Å². The Hall–Kier alpha value is -1.16. The first-order valence-electron chi connectivity index (χ1n) is 6.24. The molecule has 2 rings (SSSR count). The summed E-state index contributed by atoms with van der Waals surface area (Å²) in [6.07, 6.45) is 5.83. The van der Waals surface area contributed by atoms with Gasteiger partial charge in [-0.15, -0.1) is 0 Å². The van der Waals surface area contributed by atoms with Gasteiger partial charge in [0, 0.05) is 19.8 Å². The third-order valence-electron chi connectivity index (χ3n) is 3.48. The molecule has 0 radical (unpaired) electrons. The molecule has 1 aliphatic carbocycles. The maximum absolute atomic E-state index is 10.4. The molecule has 4 heteroatoms. The van der Waals surface area contributed by atoms with Crippen LogP contribution in [-0.4, -0.2) is 34.3 Å². The molecule has 0 spiro atoms. The van der Waals surface area contributed by atoms with Crippen molar-refractivity contribution in [3.63, 3.8) is 0 Å². The first-order chi connectivity index (χ1) is 8.00. The lowest BCUT2D eigenvalue weighted by molar-refractivity contribution is 0.0557. The minimum atomic E-state index is -0.535. The summed E-state index contributed by atoms with van der Waals surface area (Å²) in [5.74, 6) is 0.880. The van der Waals surface area contributed by atoms with E-state index in [2.05, 4.69) is 9.97 Å². The summed E-state index contributed by atoms with van der Waals surface area (Å²) >= 11 is 0. The highest BCUT2D eigenvalue weighted by atomic mass is 16.3. The lowest BCUT2D eigenvalue weighted by atomic mass is 10.0. The highest BCUT2D eigenvalue weighted by Crippen LogP contribution is 2.31. The van der Waals surface area contributed by atoms with Gasteiger partial charge in [-0.25, -0.2) is 4.98 Å². The second-order valence-electron chi connectivity index (χ2n) is 5.21. The van der Waals surface area contributed by atoms with E-state index < -0.39 is 5.60 Å². The fraction of sp³-hybridized carbons (Fsp3) is 0.692. The molecule has 0 atom stereocenters. The molecule has 0 unspecified atom stereocenters. The van der Waals surface area contributed by atoms with Crippen molar-refractivity contribution in [1.29, 1.82) is 0 Å². The molecular formula is C13H21N3O. The lowest BCUT2D eigenvalue weighted by Crippen LogP contribution is -2.40. The van der Waals surface area contributed by atoms with Crippen molar-refractivity contribution in [1.82, 2.24) is 9.97 Å². The van der Waals surface area contributed by atoms with Gasteiger partial charge in [0.05, 0.1) is 17.0 Å². The number of nitrogens with zero attached hydrogens (tertiary/aromatic N) is 3. The number of aromatic nitrogens is 2. The normalized spacial score (nSPS) is 18.4. The van der Waals surface area contributed by atoms with Crippen LogP contribution in [-0.2, 0) is 0 Å². The average molecular weight is 235 g/mol. The molecule has 1 N–H and O–H groups in total. The number of aryl methyl sites for hydroxylation is 2. The monoisotopic (exact) mass is 235 g/mol. The topological polar surface area (TPSA) is 49.2 Å². The molecule has 1 saturated carbocycles. The van der Waals surface area contributed by atoms with E-state index >= 15 is 0 Å². The van der Waals surface area contributed by atoms with Crippen molar-refractivity contribution < 1.29 is 5.11 Å². The van der Waals surface area contributed by atoms with Crippen LogP contribution in [0.15, 0.2) is 6.20 Å². The predicted octanol–water partition coefficient (Wildman–Crippen LogP) is 1.83. The second-order valence-corrected chi connectivity index (χ2v) is 5.21. The molecule has 4 nitrogen and oxygen atoms in total. The van der Waals surface area contributed by atoms with Crippen LogP contribution in [0.2, 0.25) is 0 Å². The van der Waals surface area contributed by atoms with Crippen LogP contribution >= 0.6 is 0 Å². The van der Waals surface area contributed by atoms with Gasteiger partial charge in [-0.2, -0.15) is 0 Å². The van der Waals surface area contributed by atoms with E-state index in [4.69, 9.17) is 0 Å². The van der Waals surface area contributed by atoms with Crippen LogP contribution in [0.5, 0.6) is 0 Å². The zero-order chi connectivity index (χ0) is 12.5. The van der Waals surface area contributed by atoms with E-state index in [0.717, 1.165) is 42.9 Å². The summed E-state index contributed by atoms with van der Waals surface area (Å²) < 4.78 is 0. The quantitative estimate of drug-likeness (QED) is 0.868. The van der Waals surface area contributed by atoms with Crippen LogP contribution in [0.4, 0.5) is 5.82 Å². The van der Waals surface area contributed by atoms with Gasteiger partial charge in [-0.05, 0) is 26.7 Å². The summed E-state index contributed by atoms with van der Waals surface area (Å²) in [5, 5.41) is 10.4. The minimum Gasteiger partial charge on any atom is -0.388 e. The van der Waals surface area contributed by atoms with Gasteiger partial charge < -0.3 is 10.0 Å². The molecule has 1 heterocycles. The SMILES string of the molecule is Cc1cnc(C)c(N(C)CC2(O)CCCC2)n1. The van der Waals surface area contributed by atoms with Gasteiger partial charge in [0.25, 0.3) is 0 Å². The molecular weight excluding hydrogens is 214 g/mol. The third kappa shape index (κ3) is 2.75. The van der Waals surface area contributed by atoms with Gasteiger partial charge in [0.1, 0.15) is 5.82 Å². The molecule has 0 saturated heterocycles. The fourth-order valence-corrected chi connectivity index (χ4v) is 2.59. The summed E-state index contributed by atoms with van der Waals surface area (Å²) in [6.45, 7) is 4.54. The zero-order valence-corrected chi connectivity index (χ0v) is 10.9. The summed E-state index contributed by atoms with van der Waals surface area (Å²) in [4.78, 5) is 10.8. The Morgan fingerprint density at radius 1 is 1.35 bits per heavy atom. The van der Waals surface area contributed by atoms with E-state index in [0.29, 0.717) is 6.54 Å². The van der Waals surface area contributed by atoms with Gasteiger partial charge in [0.15, 0.2) is 0 Å². The molecule has 1 aromatic heterocycles. The van der Waals surface area contributed by atoms with Crippen LogP contribution in [0.1, 0.15) is 37.1 Å². The number of hydrogen-bond donors (Lipinski definition) is 1. The number of anilines is 1. The van der Waals surface area contributed by atoms with Gasteiger partial charge in [0.2, 0.25) is 0 Å². The number of likely N-dealkylation sites (N-methyl/N-ethyl adjacent to an activating group) is 1. The lowest BCUT2D eigenvalue weighted by Gasteiger charge is -2.29. The van der Waals surface area contributed by atoms with Gasteiger partial charge >= 0.3 is 0 Å². The molecule has 17 heavy (non-hydrogen) atoms. The van der Waals surface area contributed by atoms with Crippen LogP contribution < -0.4 is 4.90 Å². The Morgan fingerprint density at radius 3 is 2.65 bits per heavy atom. The maximum atomic E-state index is 10.4. The molecule has 0 aromatic carbocycles. The predicted molar refractivity (Wildman–Crippen MR) is 68.2 cm³/mol. The smallest absolute Gasteiger partial charge is 0.150 e. The maximum Gasteiger partial charge on any atom is 0.150 e. The van der Waals surface area contributed by atoms with Crippen LogP contribution in [0.25, 0.3) is 0 Å². The zero-order valence-electron chi connectivity index (χ0n) is 10.9. The van der Waals surface area contributed by atoms with Crippen molar-refractivity contribution in [2.45, 2.75) is 45.1 Å². The summed E-state index contributed by atoms with van der Waals surface area (Å²) in [6, 6.07) is 0. The molecule has 1 aromatic rings. The van der Waals surface area contributed by atoms with Crippen molar-refractivity contribution in [3.8, 4) is 0 Å². The van der Waals surface area contributed by atoms with Gasteiger partial charge in [-0.3, -0.25) is 4.98 Å². The molecule has 94 valence electrons. The average Bonchev–Trinajstić information content (AvgIpc) is 2.68. The number of aliphatic hydroxyl groups is 1. The molecule has 0 bridgehead atoms. The van der Waals surface area contributed by atoms with Crippen molar-refractivity contribution >= 4 is 5.82 Å². The molecule has 1 fully saturated rings. The Morgan fingerprint density at radius 2 is 2.00 bits per heavy atom. The first kappa shape index (κ1) is 12.3. The Bertz CT molecular complexity index is 400. The van der Waals surface area contributed by atoms with Crippen molar-refractivity contribution in [2.75, 3.05) is 18.5 Å². The Balaban J connectivity index is 2.13. The van der Waals surface area contributed by atoms with Crippen molar-refractivity contribution in [2.24, 2.45) is 0 Å². The standard InChI is InChI=1S/C13H21N3O/c1-10-8-14-11(2)12(15-10)16(3)9-13(17)6-4-5-7-13/h8,17H,4-7,9H2,1-3H3. The highest BCUT2D eigenvalue weighted by Gasteiger charge is 2.32.